The Bertz CT molecular complexity index is 889. The van der Waals surface area contributed by atoms with E-state index in [0.29, 0.717) is 18.1 Å². The van der Waals surface area contributed by atoms with Gasteiger partial charge in [-0.05, 0) is 105 Å². The number of ether oxygens (including phenoxy) is 1. The fraction of sp³-hybridized carbons (Fsp3) is 0.714. The van der Waals surface area contributed by atoms with Crippen molar-refractivity contribution in [1.82, 2.24) is 0 Å². The molecule has 0 heterocycles. The summed E-state index contributed by atoms with van der Waals surface area (Å²) in [5.41, 5.74) is 0.543. The van der Waals surface area contributed by atoms with Gasteiger partial charge in [-0.15, -0.1) is 0 Å². The zero-order valence-corrected chi connectivity index (χ0v) is 24.1. The third-order valence-corrected chi connectivity index (χ3v) is 9.75. The third-order valence-electron chi connectivity index (χ3n) is 9.75. The normalized spacial score (nSPS) is 30.1. The molecule has 1 nitrogen and oxygen atoms in total. The number of hydrogen-bond donors (Lipinski definition) is 0. The van der Waals surface area contributed by atoms with E-state index < -0.39 is 11.6 Å². The van der Waals surface area contributed by atoms with Crippen LogP contribution >= 0.6 is 0 Å². The molecule has 0 aliphatic heterocycles. The Morgan fingerprint density at radius 1 is 0.737 bits per heavy atom. The number of allylic oxidation sites excluding steroid dienone is 3. The summed E-state index contributed by atoms with van der Waals surface area (Å²) < 4.78 is 35.6. The molecule has 0 radical (unpaired) electrons. The molecule has 0 N–H and O–H groups in total. The Morgan fingerprint density at radius 2 is 1.47 bits per heavy atom. The molecule has 0 spiro atoms. The summed E-state index contributed by atoms with van der Waals surface area (Å²) in [4.78, 5) is 0. The van der Waals surface area contributed by atoms with Crippen molar-refractivity contribution >= 4 is 0 Å². The van der Waals surface area contributed by atoms with Gasteiger partial charge in [0, 0.05) is 5.92 Å². The van der Waals surface area contributed by atoms with Crippen LogP contribution in [0.25, 0.3) is 0 Å². The van der Waals surface area contributed by atoms with E-state index in [-0.39, 0.29) is 17.6 Å². The second kappa shape index (κ2) is 15.2. The lowest BCUT2D eigenvalue weighted by Crippen LogP contribution is -2.17. The highest BCUT2D eigenvalue weighted by Crippen LogP contribution is 2.40. The molecule has 2 saturated carbocycles. The van der Waals surface area contributed by atoms with E-state index >= 15 is 0 Å². The van der Waals surface area contributed by atoms with Gasteiger partial charge in [-0.1, -0.05) is 82.7 Å². The van der Waals surface area contributed by atoms with Gasteiger partial charge in [-0.2, -0.15) is 4.39 Å². The van der Waals surface area contributed by atoms with Gasteiger partial charge in [0.2, 0.25) is 5.82 Å². The maximum atomic E-state index is 15.0. The average molecular weight is 527 g/mol. The highest BCUT2D eigenvalue weighted by molar-refractivity contribution is 5.33. The highest BCUT2D eigenvalue weighted by atomic mass is 19.2. The van der Waals surface area contributed by atoms with E-state index in [4.69, 9.17) is 4.74 Å². The zero-order chi connectivity index (χ0) is 26.7. The number of hydrogen-bond acceptors (Lipinski definition) is 1. The van der Waals surface area contributed by atoms with Crippen LogP contribution in [0, 0.1) is 41.2 Å². The molecule has 0 aromatic heterocycles. The van der Waals surface area contributed by atoms with E-state index in [9.17, 15) is 8.78 Å². The molecule has 3 aliphatic carbocycles. The first kappa shape index (κ1) is 29.3. The van der Waals surface area contributed by atoms with Gasteiger partial charge in [0.1, 0.15) is 0 Å². The van der Waals surface area contributed by atoms with E-state index in [1.807, 2.05) is 0 Å². The van der Waals surface area contributed by atoms with Crippen molar-refractivity contribution < 1.29 is 13.5 Å². The largest absolute Gasteiger partial charge is 0.490 e. The summed E-state index contributed by atoms with van der Waals surface area (Å²) in [5.74, 6) is 1.92. The Hall–Kier alpha value is -1.64. The third kappa shape index (κ3) is 8.43. The average Bonchev–Trinajstić information content (AvgIpc) is 2.95. The maximum Gasteiger partial charge on any atom is 0.200 e. The highest BCUT2D eigenvalue weighted by Gasteiger charge is 2.27. The van der Waals surface area contributed by atoms with E-state index in [2.05, 4.69) is 38.2 Å². The molecule has 1 aromatic rings. The molecule has 0 saturated heterocycles. The van der Waals surface area contributed by atoms with E-state index in [1.54, 1.807) is 12.1 Å². The van der Waals surface area contributed by atoms with Crippen LogP contribution in [-0.4, -0.2) is 6.61 Å². The van der Waals surface area contributed by atoms with E-state index in [0.717, 1.165) is 56.3 Å². The van der Waals surface area contributed by atoms with Gasteiger partial charge in [-0.25, -0.2) is 4.39 Å². The predicted octanol–water partition coefficient (Wildman–Crippen LogP) is 10.9. The predicted molar refractivity (Wildman–Crippen MR) is 156 cm³/mol. The standard InChI is InChI=1S/C35H52F2O/c1-3-5-6-8-27-9-11-28(12-10-27)13-14-29-15-17-30(18-16-29)25-38-33-24-23-32(34(36)35(33)37)31-21-19-26(7-4-2)20-22-31/h13-15,17,23-24,26-31H,3-12,16,18-22,25H2,1-2H3. The van der Waals surface area contributed by atoms with Crippen LogP contribution in [-0.2, 0) is 0 Å². The Morgan fingerprint density at radius 3 is 2.16 bits per heavy atom. The minimum absolute atomic E-state index is 0.0617. The molecule has 2 fully saturated rings. The van der Waals surface area contributed by atoms with Gasteiger partial charge < -0.3 is 4.74 Å². The van der Waals surface area contributed by atoms with E-state index in [1.165, 1.54) is 64.2 Å². The Labute approximate surface area is 231 Å². The molecule has 0 bridgehead atoms. The van der Waals surface area contributed by atoms with Crippen molar-refractivity contribution in [3.05, 3.63) is 53.6 Å². The number of unbranched alkanes of at least 4 members (excludes halogenated alkanes) is 2. The smallest absolute Gasteiger partial charge is 0.200 e. The number of halogens is 2. The van der Waals surface area contributed by atoms with Gasteiger partial charge >= 0.3 is 0 Å². The molecule has 1 aromatic carbocycles. The lowest BCUT2D eigenvalue weighted by atomic mass is 9.77. The van der Waals surface area contributed by atoms with Crippen molar-refractivity contribution in [2.45, 2.75) is 122 Å². The quantitative estimate of drug-likeness (QED) is 0.194. The van der Waals surface area contributed by atoms with Crippen molar-refractivity contribution in [3.8, 4) is 5.75 Å². The molecule has 38 heavy (non-hydrogen) atoms. The minimum Gasteiger partial charge on any atom is -0.490 e. The fourth-order valence-corrected chi connectivity index (χ4v) is 7.19. The molecular formula is C35H52F2O. The molecule has 2 unspecified atom stereocenters. The van der Waals surface area contributed by atoms with Crippen LogP contribution in [0.1, 0.15) is 128 Å². The monoisotopic (exact) mass is 526 g/mol. The van der Waals surface area contributed by atoms with Gasteiger partial charge in [0.25, 0.3) is 0 Å². The lowest BCUT2D eigenvalue weighted by molar-refractivity contribution is 0.244. The van der Waals surface area contributed by atoms with Crippen molar-refractivity contribution in [1.29, 1.82) is 0 Å². The lowest BCUT2D eigenvalue weighted by Gasteiger charge is -2.29. The first-order valence-corrected chi connectivity index (χ1v) is 16.0. The first-order chi connectivity index (χ1) is 18.6. The topological polar surface area (TPSA) is 9.23 Å². The summed E-state index contributed by atoms with van der Waals surface area (Å²) in [6.45, 7) is 4.92. The fourth-order valence-electron chi connectivity index (χ4n) is 7.19. The number of benzene rings is 1. The van der Waals surface area contributed by atoms with Crippen LogP contribution in [0.4, 0.5) is 8.78 Å². The second-order valence-corrected chi connectivity index (χ2v) is 12.6. The summed E-state index contributed by atoms with van der Waals surface area (Å²) in [7, 11) is 0. The van der Waals surface area contributed by atoms with Crippen LogP contribution in [0.2, 0.25) is 0 Å². The van der Waals surface area contributed by atoms with Crippen LogP contribution in [0.3, 0.4) is 0 Å². The Balaban J connectivity index is 1.19. The van der Waals surface area contributed by atoms with Gasteiger partial charge in [-0.3, -0.25) is 0 Å². The first-order valence-electron chi connectivity index (χ1n) is 16.0. The summed E-state index contributed by atoms with van der Waals surface area (Å²) in [6.07, 6.45) is 29.2. The molecular weight excluding hydrogens is 474 g/mol. The number of rotatable bonds is 12. The van der Waals surface area contributed by atoms with Gasteiger partial charge in [0.05, 0.1) is 6.61 Å². The van der Waals surface area contributed by atoms with Crippen molar-refractivity contribution in [3.63, 3.8) is 0 Å². The molecule has 212 valence electrons. The molecule has 0 amide bonds. The minimum atomic E-state index is -0.807. The summed E-state index contributed by atoms with van der Waals surface area (Å²) >= 11 is 0. The molecule has 4 rings (SSSR count). The summed E-state index contributed by atoms with van der Waals surface area (Å²) in [5, 5.41) is 0. The van der Waals surface area contributed by atoms with Crippen molar-refractivity contribution in [2.75, 3.05) is 6.61 Å². The van der Waals surface area contributed by atoms with Gasteiger partial charge in [0.15, 0.2) is 11.6 Å². The van der Waals surface area contributed by atoms with Crippen LogP contribution in [0.5, 0.6) is 5.75 Å². The SMILES string of the molecule is CCCCCC1CCC(C=CC2C=CC(COc3ccc(C4CCC(CCC)CC4)c(F)c3F)CC2)CC1. The molecule has 3 heteroatoms. The molecule has 2 atom stereocenters. The zero-order valence-electron chi connectivity index (χ0n) is 24.1. The molecule has 3 aliphatic rings. The van der Waals surface area contributed by atoms with Crippen molar-refractivity contribution in [2.24, 2.45) is 29.6 Å². The summed E-state index contributed by atoms with van der Waals surface area (Å²) in [6, 6.07) is 3.43. The van der Waals surface area contributed by atoms with Crippen LogP contribution < -0.4 is 4.74 Å². The Kier molecular flexibility index (Phi) is 11.8. The maximum absolute atomic E-state index is 15.0. The van der Waals surface area contributed by atoms with Crippen LogP contribution in [0.15, 0.2) is 36.4 Å². The second-order valence-electron chi connectivity index (χ2n) is 12.6.